The van der Waals surface area contributed by atoms with Crippen LogP contribution in [0, 0.1) is 0 Å². The van der Waals surface area contributed by atoms with Gasteiger partial charge in [-0.2, -0.15) is 18.2 Å². The van der Waals surface area contributed by atoms with Gasteiger partial charge < -0.3 is 10.3 Å². The molecule has 108 valence electrons. The van der Waals surface area contributed by atoms with Crippen molar-refractivity contribution in [1.82, 2.24) is 10.1 Å². The van der Waals surface area contributed by atoms with E-state index in [1.807, 2.05) is 6.92 Å². The molecule has 2 aromatic rings. The molecule has 0 spiro atoms. The fraction of sp³-hybridized carbons (Fsp3) is 0.385. The van der Waals surface area contributed by atoms with Crippen LogP contribution >= 0.6 is 0 Å². The summed E-state index contributed by atoms with van der Waals surface area (Å²) in [6.45, 7) is 1.96. The molecule has 0 radical (unpaired) electrons. The lowest BCUT2D eigenvalue weighted by atomic mass is 10.1. The summed E-state index contributed by atoms with van der Waals surface area (Å²) >= 11 is 0. The van der Waals surface area contributed by atoms with Crippen molar-refractivity contribution in [2.24, 2.45) is 5.73 Å². The zero-order chi connectivity index (χ0) is 14.8. The van der Waals surface area contributed by atoms with Crippen LogP contribution in [0.4, 0.5) is 13.2 Å². The molecule has 0 aliphatic rings. The zero-order valence-electron chi connectivity index (χ0n) is 10.8. The standard InChI is InChI=1S/C13H14F3N3O/c1-2-4-10(17)12-18-11(19-20-12)8-5-3-6-9(7-8)13(14,15)16/h3,5-7,10H,2,4,17H2,1H3/t10-/m0/s1. The number of hydrogen-bond acceptors (Lipinski definition) is 4. The first-order chi connectivity index (χ1) is 9.41. The summed E-state index contributed by atoms with van der Waals surface area (Å²) in [6, 6.07) is 4.38. The van der Waals surface area contributed by atoms with Gasteiger partial charge in [0.15, 0.2) is 0 Å². The Bertz CT molecular complexity index is 580. The lowest BCUT2D eigenvalue weighted by Crippen LogP contribution is -2.09. The van der Waals surface area contributed by atoms with Crippen LogP contribution in [0.2, 0.25) is 0 Å². The zero-order valence-corrected chi connectivity index (χ0v) is 10.8. The predicted octanol–water partition coefficient (Wildman–Crippen LogP) is 3.56. The summed E-state index contributed by atoms with van der Waals surface area (Å²) in [7, 11) is 0. The van der Waals surface area contributed by atoms with E-state index < -0.39 is 17.8 Å². The molecule has 20 heavy (non-hydrogen) atoms. The maximum Gasteiger partial charge on any atom is 0.416 e. The third-order valence-corrected chi connectivity index (χ3v) is 2.81. The number of halogens is 3. The molecule has 0 unspecified atom stereocenters. The van der Waals surface area contributed by atoms with Crippen molar-refractivity contribution in [3.05, 3.63) is 35.7 Å². The van der Waals surface area contributed by atoms with Crippen LogP contribution in [0.15, 0.2) is 28.8 Å². The number of aromatic nitrogens is 2. The Kier molecular flexibility index (Phi) is 4.08. The van der Waals surface area contributed by atoms with E-state index in [0.29, 0.717) is 6.42 Å². The lowest BCUT2D eigenvalue weighted by molar-refractivity contribution is -0.137. The monoisotopic (exact) mass is 285 g/mol. The first-order valence-electron chi connectivity index (χ1n) is 6.18. The van der Waals surface area contributed by atoms with E-state index in [9.17, 15) is 13.2 Å². The van der Waals surface area contributed by atoms with Crippen molar-refractivity contribution in [2.75, 3.05) is 0 Å². The van der Waals surface area contributed by atoms with Gasteiger partial charge in [0.25, 0.3) is 0 Å². The van der Waals surface area contributed by atoms with Crippen LogP contribution in [0.1, 0.15) is 37.3 Å². The average molecular weight is 285 g/mol. The molecule has 0 fully saturated rings. The molecule has 1 heterocycles. The van der Waals surface area contributed by atoms with Crippen molar-refractivity contribution in [3.63, 3.8) is 0 Å². The number of nitrogens with two attached hydrogens (primary N) is 1. The number of rotatable bonds is 4. The van der Waals surface area contributed by atoms with E-state index in [1.54, 1.807) is 0 Å². The maximum absolute atomic E-state index is 12.6. The van der Waals surface area contributed by atoms with Crippen LogP contribution in [-0.4, -0.2) is 10.1 Å². The largest absolute Gasteiger partial charge is 0.416 e. The SMILES string of the molecule is CCC[C@H](N)c1nc(-c2cccc(C(F)(F)F)c2)no1. The molecule has 1 aromatic carbocycles. The second-order valence-electron chi connectivity index (χ2n) is 4.43. The van der Waals surface area contributed by atoms with Crippen molar-refractivity contribution in [1.29, 1.82) is 0 Å². The van der Waals surface area contributed by atoms with Gasteiger partial charge in [0.2, 0.25) is 11.7 Å². The smallest absolute Gasteiger partial charge is 0.337 e. The quantitative estimate of drug-likeness (QED) is 0.932. The van der Waals surface area contributed by atoms with Gasteiger partial charge in [-0.25, -0.2) is 0 Å². The number of alkyl halides is 3. The summed E-state index contributed by atoms with van der Waals surface area (Å²) in [4.78, 5) is 4.05. The van der Waals surface area contributed by atoms with Gasteiger partial charge in [0, 0.05) is 5.56 Å². The van der Waals surface area contributed by atoms with E-state index in [1.165, 1.54) is 12.1 Å². The molecule has 4 nitrogen and oxygen atoms in total. The first-order valence-corrected chi connectivity index (χ1v) is 6.18. The molecule has 1 aromatic heterocycles. The second-order valence-corrected chi connectivity index (χ2v) is 4.43. The molecular weight excluding hydrogens is 271 g/mol. The summed E-state index contributed by atoms with van der Waals surface area (Å²) in [6.07, 6.45) is -2.88. The van der Waals surface area contributed by atoms with Crippen LogP contribution in [0.5, 0.6) is 0 Å². The molecule has 7 heteroatoms. The number of benzene rings is 1. The highest BCUT2D eigenvalue weighted by Gasteiger charge is 2.30. The van der Waals surface area contributed by atoms with E-state index >= 15 is 0 Å². The molecule has 2 rings (SSSR count). The van der Waals surface area contributed by atoms with Gasteiger partial charge in [-0.3, -0.25) is 0 Å². The minimum Gasteiger partial charge on any atom is -0.337 e. The summed E-state index contributed by atoms with van der Waals surface area (Å²) < 4.78 is 42.9. The van der Waals surface area contributed by atoms with E-state index in [4.69, 9.17) is 10.3 Å². The first kappa shape index (κ1) is 14.5. The Balaban J connectivity index is 2.28. The molecule has 2 N–H and O–H groups in total. The highest BCUT2D eigenvalue weighted by atomic mass is 19.4. The van der Waals surface area contributed by atoms with Gasteiger partial charge >= 0.3 is 6.18 Å². The number of hydrogen-bond donors (Lipinski definition) is 1. The Morgan fingerprint density at radius 2 is 2.10 bits per heavy atom. The minimum absolute atomic E-state index is 0.109. The Morgan fingerprint density at radius 1 is 1.35 bits per heavy atom. The van der Waals surface area contributed by atoms with Gasteiger partial charge in [-0.05, 0) is 18.6 Å². The third kappa shape index (κ3) is 3.16. The van der Waals surface area contributed by atoms with Crippen molar-refractivity contribution in [2.45, 2.75) is 32.0 Å². The highest BCUT2D eigenvalue weighted by Crippen LogP contribution is 2.31. The van der Waals surface area contributed by atoms with E-state index in [-0.39, 0.29) is 17.3 Å². The second kappa shape index (κ2) is 5.62. The van der Waals surface area contributed by atoms with E-state index in [2.05, 4.69) is 10.1 Å². The molecule has 0 amide bonds. The third-order valence-electron chi connectivity index (χ3n) is 2.81. The molecule has 0 aliphatic heterocycles. The van der Waals surface area contributed by atoms with Crippen LogP contribution < -0.4 is 5.73 Å². The summed E-state index contributed by atoms with van der Waals surface area (Å²) in [5.74, 6) is 0.344. The fourth-order valence-electron chi connectivity index (χ4n) is 1.77. The van der Waals surface area contributed by atoms with Crippen molar-refractivity contribution < 1.29 is 17.7 Å². The Morgan fingerprint density at radius 3 is 2.75 bits per heavy atom. The van der Waals surface area contributed by atoms with Crippen molar-refractivity contribution in [3.8, 4) is 11.4 Å². The van der Waals surface area contributed by atoms with Gasteiger partial charge in [-0.1, -0.05) is 30.6 Å². The Hall–Kier alpha value is -1.89. The van der Waals surface area contributed by atoms with Crippen molar-refractivity contribution >= 4 is 0 Å². The molecule has 0 bridgehead atoms. The Labute approximate surface area is 113 Å². The molecule has 0 aliphatic carbocycles. The van der Waals surface area contributed by atoms with Crippen LogP contribution in [0.25, 0.3) is 11.4 Å². The van der Waals surface area contributed by atoms with Gasteiger partial charge in [0.1, 0.15) is 0 Å². The number of nitrogens with zero attached hydrogens (tertiary/aromatic N) is 2. The minimum atomic E-state index is -4.40. The molecule has 1 atom stereocenters. The van der Waals surface area contributed by atoms with Crippen LogP contribution in [0.3, 0.4) is 0 Å². The van der Waals surface area contributed by atoms with Gasteiger partial charge in [-0.15, -0.1) is 0 Å². The van der Waals surface area contributed by atoms with E-state index in [0.717, 1.165) is 18.6 Å². The summed E-state index contributed by atoms with van der Waals surface area (Å²) in [5.41, 5.74) is 5.32. The highest BCUT2D eigenvalue weighted by molar-refractivity contribution is 5.55. The predicted molar refractivity (Wildman–Crippen MR) is 66.6 cm³/mol. The van der Waals surface area contributed by atoms with Crippen LogP contribution in [-0.2, 0) is 6.18 Å². The maximum atomic E-state index is 12.6. The van der Waals surface area contributed by atoms with Gasteiger partial charge in [0.05, 0.1) is 11.6 Å². The lowest BCUT2D eigenvalue weighted by Gasteiger charge is -2.06. The fourth-order valence-corrected chi connectivity index (χ4v) is 1.77. The summed E-state index contributed by atoms with van der Waals surface area (Å²) in [5, 5.41) is 3.68. The average Bonchev–Trinajstić information content (AvgIpc) is 2.88. The molecular formula is C13H14F3N3O. The normalized spacial score (nSPS) is 13.4. The topological polar surface area (TPSA) is 64.9 Å². The molecule has 0 saturated heterocycles. The molecule has 0 saturated carbocycles.